The van der Waals surface area contributed by atoms with Crippen LogP contribution in [0.25, 0.3) is 10.9 Å². The number of carboxylic acid groups (broad SMARTS) is 1. The van der Waals surface area contributed by atoms with E-state index < -0.39 is 5.97 Å². The number of carbonyl (C=O) groups excluding carboxylic acids is 1. The summed E-state index contributed by atoms with van der Waals surface area (Å²) in [5.41, 5.74) is 3.13. The Labute approximate surface area is 139 Å². The largest absolute Gasteiger partial charge is 0.477 e. The molecule has 3 aromatic rings. The number of H-pyrrole nitrogens is 1. The molecule has 0 bridgehead atoms. The van der Waals surface area contributed by atoms with Crippen LogP contribution in [0.3, 0.4) is 0 Å². The number of hydrogen-bond donors (Lipinski definition) is 3. The van der Waals surface area contributed by atoms with Gasteiger partial charge in [0, 0.05) is 22.2 Å². The Morgan fingerprint density at radius 2 is 1.92 bits per heavy atom. The smallest absolute Gasteiger partial charge is 0.352 e. The van der Waals surface area contributed by atoms with Gasteiger partial charge in [-0.05, 0) is 30.2 Å². The SMILES string of the molecule is CCc1cccc(NC(=O)Cc2c(C(=O)O)[nH]c3ccccc23)c1. The van der Waals surface area contributed by atoms with Gasteiger partial charge in [-0.2, -0.15) is 0 Å². The van der Waals surface area contributed by atoms with E-state index in [1.165, 1.54) is 0 Å². The van der Waals surface area contributed by atoms with Gasteiger partial charge in [-0.15, -0.1) is 0 Å². The molecule has 1 amide bonds. The fourth-order valence-corrected chi connectivity index (χ4v) is 2.80. The summed E-state index contributed by atoms with van der Waals surface area (Å²) < 4.78 is 0. The molecule has 3 N–H and O–H groups in total. The van der Waals surface area contributed by atoms with Crippen LogP contribution in [0.4, 0.5) is 5.69 Å². The highest BCUT2D eigenvalue weighted by Gasteiger charge is 2.19. The minimum absolute atomic E-state index is 0.00198. The molecule has 0 fully saturated rings. The van der Waals surface area contributed by atoms with Crippen LogP contribution in [0.5, 0.6) is 0 Å². The topological polar surface area (TPSA) is 82.2 Å². The van der Waals surface area contributed by atoms with E-state index in [4.69, 9.17) is 0 Å². The van der Waals surface area contributed by atoms with Crippen molar-refractivity contribution in [3.05, 3.63) is 65.4 Å². The molecule has 0 saturated heterocycles. The number of aromatic nitrogens is 1. The summed E-state index contributed by atoms with van der Waals surface area (Å²) in [6.07, 6.45) is 0.886. The third-order valence-electron chi connectivity index (χ3n) is 3.98. The Morgan fingerprint density at radius 3 is 2.67 bits per heavy atom. The number of carboxylic acids is 1. The highest BCUT2D eigenvalue weighted by Crippen LogP contribution is 2.23. The lowest BCUT2D eigenvalue weighted by Gasteiger charge is -2.07. The Hall–Kier alpha value is -3.08. The van der Waals surface area contributed by atoms with Crippen molar-refractivity contribution in [3.8, 4) is 0 Å². The number of rotatable bonds is 5. The van der Waals surface area contributed by atoms with Crippen LogP contribution >= 0.6 is 0 Å². The van der Waals surface area contributed by atoms with Crippen LogP contribution < -0.4 is 5.32 Å². The molecule has 2 aromatic carbocycles. The first kappa shape index (κ1) is 15.8. The average Bonchev–Trinajstić information content (AvgIpc) is 2.94. The molecule has 0 aliphatic rings. The van der Waals surface area contributed by atoms with Gasteiger partial charge in [0.05, 0.1) is 6.42 Å². The van der Waals surface area contributed by atoms with Crippen LogP contribution in [0, 0.1) is 0 Å². The van der Waals surface area contributed by atoms with Crippen molar-refractivity contribution in [2.24, 2.45) is 0 Å². The second-order valence-corrected chi connectivity index (χ2v) is 5.61. The molecule has 1 aromatic heterocycles. The predicted octanol–water partition coefficient (Wildman–Crippen LogP) is 3.61. The molecule has 5 heteroatoms. The molecule has 24 heavy (non-hydrogen) atoms. The van der Waals surface area contributed by atoms with Crippen LogP contribution in [-0.2, 0) is 17.6 Å². The number of nitrogens with one attached hydrogen (secondary N) is 2. The number of aryl methyl sites for hydroxylation is 1. The standard InChI is InChI=1S/C19H18N2O3/c1-2-12-6-5-7-13(10-12)20-17(22)11-15-14-8-3-4-9-16(14)21-18(15)19(23)24/h3-10,21H,2,11H2,1H3,(H,20,22)(H,23,24). The molecule has 0 saturated carbocycles. The van der Waals surface area contributed by atoms with Gasteiger partial charge in [-0.3, -0.25) is 4.79 Å². The summed E-state index contributed by atoms with van der Waals surface area (Å²) in [5, 5.41) is 13.0. The van der Waals surface area contributed by atoms with Crippen LogP contribution in [-0.4, -0.2) is 22.0 Å². The molecule has 0 unspecified atom stereocenters. The fourth-order valence-electron chi connectivity index (χ4n) is 2.80. The van der Waals surface area contributed by atoms with Gasteiger partial charge in [0.2, 0.25) is 5.91 Å². The molecule has 0 atom stereocenters. The Morgan fingerprint density at radius 1 is 1.12 bits per heavy atom. The van der Waals surface area contributed by atoms with Gasteiger partial charge in [-0.1, -0.05) is 37.3 Å². The van der Waals surface area contributed by atoms with Crippen LogP contribution in [0.15, 0.2) is 48.5 Å². The minimum atomic E-state index is -1.07. The van der Waals surface area contributed by atoms with E-state index in [9.17, 15) is 14.7 Å². The van der Waals surface area contributed by atoms with Crippen molar-refractivity contribution in [2.75, 3.05) is 5.32 Å². The van der Waals surface area contributed by atoms with E-state index in [0.717, 1.165) is 23.1 Å². The van der Waals surface area contributed by atoms with Crippen LogP contribution in [0.1, 0.15) is 28.5 Å². The molecular formula is C19H18N2O3. The maximum atomic E-state index is 12.4. The normalized spacial score (nSPS) is 10.7. The summed E-state index contributed by atoms with van der Waals surface area (Å²) in [5.74, 6) is -1.31. The lowest BCUT2D eigenvalue weighted by atomic mass is 10.1. The van der Waals surface area contributed by atoms with E-state index in [0.29, 0.717) is 11.1 Å². The zero-order valence-corrected chi connectivity index (χ0v) is 13.3. The number of amides is 1. The van der Waals surface area contributed by atoms with Crippen molar-refractivity contribution in [1.29, 1.82) is 0 Å². The number of aromatic carboxylic acids is 1. The molecule has 0 aliphatic heterocycles. The van der Waals surface area contributed by atoms with Gasteiger partial charge in [0.25, 0.3) is 0 Å². The number of anilines is 1. The molecule has 5 nitrogen and oxygen atoms in total. The summed E-state index contributed by atoms with van der Waals surface area (Å²) in [4.78, 5) is 26.7. The van der Waals surface area contributed by atoms with E-state index >= 15 is 0 Å². The fraction of sp³-hybridized carbons (Fsp3) is 0.158. The molecule has 122 valence electrons. The number of hydrogen-bond acceptors (Lipinski definition) is 2. The maximum absolute atomic E-state index is 12.4. The number of carbonyl (C=O) groups is 2. The van der Waals surface area contributed by atoms with Crippen molar-refractivity contribution < 1.29 is 14.7 Å². The lowest BCUT2D eigenvalue weighted by molar-refractivity contribution is -0.115. The van der Waals surface area contributed by atoms with Gasteiger partial charge < -0.3 is 15.4 Å². The second kappa shape index (κ2) is 6.58. The summed E-state index contributed by atoms with van der Waals surface area (Å²) in [6.45, 7) is 2.05. The summed E-state index contributed by atoms with van der Waals surface area (Å²) in [6, 6.07) is 14.9. The quantitative estimate of drug-likeness (QED) is 0.671. The van der Waals surface area contributed by atoms with Crippen molar-refractivity contribution >= 4 is 28.5 Å². The maximum Gasteiger partial charge on any atom is 0.352 e. The lowest BCUT2D eigenvalue weighted by Crippen LogP contribution is -2.16. The molecule has 0 aliphatic carbocycles. The average molecular weight is 322 g/mol. The Bertz CT molecular complexity index is 912. The molecule has 1 heterocycles. The first-order valence-corrected chi connectivity index (χ1v) is 7.80. The second-order valence-electron chi connectivity index (χ2n) is 5.61. The van der Waals surface area contributed by atoms with Gasteiger partial charge in [-0.25, -0.2) is 4.79 Å². The van der Waals surface area contributed by atoms with Gasteiger partial charge in [0.15, 0.2) is 0 Å². The first-order chi connectivity index (χ1) is 11.6. The highest BCUT2D eigenvalue weighted by molar-refractivity contribution is 6.02. The van der Waals surface area contributed by atoms with Crippen molar-refractivity contribution in [1.82, 2.24) is 4.98 Å². The molecule has 0 spiro atoms. The van der Waals surface area contributed by atoms with Crippen LogP contribution in [0.2, 0.25) is 0 Å². The molecule has 3 rings (SSSR count). The molecule has 0 radical (unpaired) electrons. The third-order valence-corrected chi connectivity index (χ3v) is 3.98. The number of benzene rings is 2. The molecular weight excluding hydrogens is 304 g/mol. The summed E-state index contributed by atoms with van der Waals surface area (Å²) >= 11 is 0. The van der Waals surface area contributed by atoms with E-state index in [1.54, 1.807) is 6.07 Å². The summed E-state index contributed by atoms with van der Waals surface area (Å²) in [7, 11) is 0. The minimum Gasteiger partial charge on any atom is -0.477 e. The Balaban J connectivity index is 1.87. The van der Waals surface area contributed by atoms with Crippen molar-refractivity contribution in [2.45, 2.75) is 19.8 Å². The first-order valence-electron chi connectivity index (χ1n) is 7.80. The monoisotopic (exact) mass is 322 g/mol. The zero-order valence-electron chi connectivity index (χ0n) is 13.3. The van der Waals surface area contributed by atoms with Gasteiger partial charge in [0.1, 0.15) is 5.69 Å². The Kier molecular flexibility index (Phi) is 4.33. The van der Waals surface area contributed by atoms with E-state index in [1.807, 2.05) is 49.4 Å². The van der Waals surface area contributed by atoms with Gasteiger partial charge >= 0.3 is 5.97 Å². The third kappa shape index (κ3) is 3.15. The number of para-hydroxylation sites is 1. The van der Waals surface area contributed by atoms with Crippen molar-refractivity contribution in [3.63, 3.8) is 0 Å². The van der Waals surface area contributed by atoms with E-state index in [2.05, 4.69) is 10.3 Å². The predicted molar refractivity (Wildman–Crippen MR) is 93.4 cm³/mol. The number of aromatic amines is 1. The highest BCUT2D eigenvalue weighted by atomic mass is 16.4. The zero-order chi connectivity index (χ0) is 17.1. The van der Waals surface area contributed by atoms with E-state index in [-0.39, 0.29) is 18.0 Å². The number of fused-ring (bicyclic) bond motifs is 1.